The molecule has 1 aliphatic heterocycles. The molecule has 112 valence electrons. The number of thioether (sulfide) groups is 1. The van der Waals surface area contributed by atoms with Gasteiger partial charge in [-0.3, -0.25) is 4.79 Å². The lowest BCUT2D eigenvalue weighted by molar-refractivity contribution is -0.121. The first-order valence-corrected chi connectivity index (χ1v) is 7.74. The van der Waals surface area contributed by atoms with Gasteiger partial charge in [-0.15, -0.1) is 0 Å². The van der Waals surface area contributed by atoms with Gasteiger partial charge in [0.1, 0.15) is 5.52 Å². The second kappa shape index (κ2) is 6.93. The molecular formula is C14H16N2O4S. The molecule has 1 aromatic heterocycles. The Morgan fingerprint density at radius 1 is 1.38 bits per heavy atom. The molecule has 1 N–H and O–H groups in total. The van der Waals surface area contributed by atoms with Crippen LogP contribution in [0, 0.1) is 0 Å². The number of amides is 1. The smallest absolute Gasteiger partial charge is 0.257 e. The zero-order chi connectivity index (χ0) is 14.5. The fourth-order valence-electron chi connectivity index (χ4n) is 1.97. The van der Waals surface area contributed by atoms with Crippen molar-refractivity contribution in [2.75, 3.05) is 32.1 Å². The molecule has 3 rings (SSSR count). The average Bonchev–Trinajstić information content (AvgIpc) is 2.95. The lowest BCUT2D eigenvalue weighted by Gasteiger charge is -2.22. The van der Waals surface area contributed by atoms with E-state index in [4.69, 9.17) is 13.9 Å². The minimum Gasteiger partial charge on any atom is -0.431 e. The normalized spacial score (nSPS) is 18.8. The van der Waals surface area contributed by atoms with Crippen LogP contribution in [0.3, 0.4) is 0 Å². The number of fused-ring (bicyclic) bond motifs is 1. The molecule has 1 amide bonds. The first-order valence-electron chi connectivity index (χ1n) is 6.76. The summed E-state index contributed by atoms with van der Waals surface area (Å²) in [5, 5.41) is 3.33. The van der Waals surface area contributed by atoms with Crippen LogP contribution in [0.25, 0.3) is 11.1 Å². The fraction of sp³-hybridized carbons (Fsp3) is 0.429. The second-order valence-corrected chi connectivity index (χ2v) is 5.53. The zero-order valence-corrected chi connectivity index (χ0v) is 12.2. The Labute approximate surface area is 126 Å². The molecule has 1 atom stereocenters. The van der Waals surface area contributed by atoms with Crippen LogP contribution in [-0.2, 0) is 14.3 Å². The van der Waals surface area contributed by atoms with Crippen molar-refractivity contribution in [2.45, 2.75) is 11.3 Å². The molecule has 6 nitrogen and oxygen atoms in total. The van der Waals surface area contributed by atoms with Crippen LogP contribution in [0.4, 0.5) is 0 Å². The highest BCUT2D eigenvalue weighted by atomic mass is 32.2. The van der Waals surface area contributed by atoms with E-state index in [2.05, 4.69) is 10.3 Å². The molecule has 2 aromatic rings. The molecule has 0 spiro atoms. The SMILES string of the molecule is O=C(CSc1nc2ccccc2o1)NCC1COCCO1. The van der Waals surface area contributed by atoms with Gasteiger partial charge in [0.15, 0.2) is 5.58 Å². The Kier molecular flexibility index (Phi) is 4.74. The van der Waals surface area contributed by atoms with Crippen molar-refractivity contribution in [3.8, 4) is 0 Å². The third-order valence-electron chi connectivity index (χ3n) is 3.01. The maximum absolute atomic E-state index is 11.8. The summed E-state index contributed by atoms with van der Waals surface area (Å²) in [5.41, 5.74) is 1.53. The zero-order valence-electron chi connectivity index (χ0n) is 11.4. The predicted octanol–water partition coefficient (Wildman–Crippen LogP) is 1.45. The van der Waals surface area contributed by atoms with E-state index in [-0.39, 0.29) is 17.8 Å². The second-order valence-electron chi connectivity index (χ2n) is 4.61. The monoisotopic (exact) mass is 308 g/mol. The molecule has 0 radical (unpaired) electrons. The molecular weight excluding hydrogens is 292 g/mol. The van der Waals surface area contributed by atoms with Crippen LogP contribution < -0.4 is 5.32 Å². The molecule has 7 heteroatoms. The molecule has 1 aliphatic rings. The van der Waals surface area contributed by atoms with Gasteiger partial charge >= 0.3 is 0 Å². The van der Waals surface area contributed by atoms with Crippen molar-refractivity contribution >= 4 is 28.8 Å². The van der Waals surface area contributed by atoms with Crippen molar-refractivity contribution < 1.29 is 18.7 Å². The van der Waals surface area contributed by atoms with E-state index in [1.54, 1.807) is 0 Å². The first-order chi connectivity index (χ1) is 10.3. The third kappa shape index (κ3) is 3.96. The number of para-hydroxylation sites is 2. The van der Waals surface area contributed by atoms with Crippen molar-refractivity contribution in [3.05, 3.63) is 24.3 Å². The summed E-state index contributed by atoms with van der Waals surface area (Å²) in [6.45, 7) is 2.20. The number of oxazole rings is 1. The summed E-state index contributed by atoms with van der Waals surface area (Å²) < 4.78 is 16.3. The minimum atomic E-state index is -0.0728. The average molecular weight is 308 g/mol. The minimum absolute atomic E-state index is 0.0583. The van der Waals surface area contributed by atoms with E-state index in [1.165, 1.54) is 11.8 Å². The summed E-state index contributed by atoms with van der Waals surface area (Å²) >= 11 is 1.28. The van der Waals surface area contributed by atoms with E-state index >= 15 is 0 Å². The van der Waals surface area contributed by atoms with Crippen LogP contribution in [-0.4, -0.2) is 49.1 Å². The Balaban J connectivity index is 1.44. The lowest BCUT2D eigenvalue weighted by atomic mass is 10.3. The summed E-state index contributed by atoms with van der Waals surface area (Å²) in [4.78, 5) is 16.1. The maximum atomic E-state index is 11.8. The number of rotatable bonds is 5. The van der Waals surface area contributed by atoms with Crippen LogP contribution in [0.15, 0.2) is 33.9 Å². The Bertz CT molecular complexity index is 577. The summed E-state index contributed by atoms with van der Waals surface area (Å²) in [6.07, 6.45) is -0.0583. The molecule has 2 heterocycles. The van der Waals surface area contributed by atoms with Crippen molar-refractivity contribution in [3.63, 3.8) is 0 Å². The van der Waals surface area contributed by atoms with Crippen molar-refractivity contribution in [2.24, 2.45) is 0 Å². The number of benzene rings is 1. The Morgan fingerprint density at radius 3 is 3.10 bits per heavy atom. The third-order valence-corrected chi connectivity index (χ3v) is 3.84. The Hall–Kier alpha value is -1.57. The van der Waals surface area contributed by atoms with E-state index < -0.39 is 0 Å². The van der Waals surface area contributed by atoms with Gasteiger partial charge in [0.25, 0.3) is 5.22 Å². The molecule has 1 saturated heterocycles. The first kappa shape index (κ1) is 14.4. The molecule has 1 unspecified atom stereocenters. The van der Waals surface area contributed by atoms with E-state index in [0.717, 1.165) is 11.1 Å². The fourth-order valence-corrected chi connectivity index (χ4v) is 2.64. The number of hydrogen-bond donors (Lipinski definition) is 1. The van der Waals surface area contributed by atoms with Gasteiger partial charge in [-0.2, -0.15) is 0 Å². The van der Waals surface area contributed by atoms with E-state index in [0.29, 0.717) is 31.6 Å². The van der Waals surface area contributed by atoms with E-state index in [9.17, 15) is 4.79 Å². The number of hydrogen-bond acceptors (Lipinski definition) is 6. The van der Waals surface area contributed by atoms with Crippen LogP contribution in [0.2, 0.25) is 0 Å². The van der Waals surface area contributed by atoms with Gasteiger partial charge in [-0.05, 0) is 12.1 Å². The van der Waals surface area contributed by atoms with Gasteiger partial charge in [-0.25, -0.2) is 4.98 Å². The van der Waals surface area contributed by atoms with E-state index in [1.807, 2.05) is 24.3 Å². The van der Waals surface area contributed by atoms with Gasteiger partial charge in [0, 0.05) is 6.54 Å². The number of nitrogens with one attached hydrogen (secondary N) is 1. The number of carbonyl (C=O) groups excluding carboxylic acids is 1. The van der Waals surface area contributed by atoms with Crippen molar-refractivity contribution in [1.29, 1.82) is 0 Å². The molecule has 0 saturated carbocycles. The number of ether oxygens (including phenoxy) is 2. The number of nitrogens with zero attached hydrogens (tertiary/aromatic N) is 1. The lowest BCUT2D eigenvalue weighted by Crippen LogP contribution is -2.40. The number of carbonyl (C=O) groups is 1. The van der Waals surface area contributed by atoms with Crippen molar-refractivity contribution in [1.82, 2.24) is 10.3 Å². The molecule has 1 fully saturated rings. The molecule has 1 aromatic carbocycles. The highest BCUT2D eigenvalue weighted by Crippen LogP contribution is 2.22. The topological polar surface area (TPSA) is 73.6 Å². The number of aromatic nitrogens is 1. The molecule has 0 bridgehead atoms. The molecule has 21 heavy (non-hydrogen) atoms. The predicted molar refractivity (Wildman–Crippen MR) is 78.3 cm³/mol. The largest absolute Gasteiger partial charge is 0.431 e. The van der Waals surface area contributed by atoms with Crippen LogP contribution in [0.1, 0.15) is 0 Å². The van der Waals surface area contributed by atoms with Crippen LogP contribution >= 0.6 is 11.8 Å². The van der Waals surface area contributed by atoms with Gasteiger partial charge in [0.05, 0.1) is 31.7 Å². The van der Waals surface area contributed by atoms with Gasteiger partial charge < -0.3 is 19.2 Å². The molecule has 0 aliphatic carbocycles. The van der Waals surface area contributed by atoms with Crippen LogP contribution in [0.5, 0.6) is 0 Å². The summed E-state index contributed by atoms with van der Waals surface area (Å²) in [5.74, 6) is 0.192. The maximum Gasteiger partial charge on any atom is 0.257 e. The summed E-state index contributed by atoms with van der Waals surface area (Å²) in [6, 6.07) is 7.52. The van der Waals surface area contributed by atoms with Gasteiger partial charge in [0.2, 0.25) is 5.91 Å². The summed E-state index contributed by atoms with van der Waals surface area (Å²) in [7, 11) is 0. The standard InChI is InChI=1S/C14H16N2O4S/c17-13(15-7-10-8-18-5-6-19-10)9-21-14-16-11-3-1-2-4-12(11)20-14/h1-4,10H,5-9H2,(H,15,17). The highest BCUT2D eigenvalue weighted by Gasteiger charge is 2.15. The highest BCUT2D eigenvalue weighted by molar-refractivity contribution is 7.99. The van der Waals surface area contributed by atoms with Gasteiger partial charge in [-0.1, -0.05) is 23.9 Å². The quantitative estimate of drug-likeness (QED) is 0.843. The Morgan fingerprint density at radius 2 is 2.29 bits per heavy atom.